The van der Waals surface area contributed by atoms with E-state index in [0.717, 1.165) is 11.1 Å². The molecule has 1 aromatic rings. The molecular weight excluding hydrogens is 176 g/mol. The van der Waals surface area contributed by atoms with Crippen molar-refractivity contribution < 1.29 is 12.9 Å². The van der Waals surface area contributed by atoms with Crippen LogP contribution in [0.15, 0.2) is 18.2 Å². The van der Waals surface area contributed by atoms with E-state index in [1.807, 2.05) is 19.9 Å². The second kappa shape index (κ2) is 3.69. The molecule has 0 fully saturated rings. The number of rotatable bonds is 2. The normalized spacial score (nSPS) is 12.6. The van der Waals surface area contributed by atoms with E-state index in [9.17, 15) is 8.76 Å². The quantitative estimate of drug-likeness (QED) is 0.655. The summed E-state index contributed by atoms with van der Waals surface area (Å²) in [5.41, 5.74) is 1.86. The highest BCUT2D eigenvalue weighted by Crippen LogP contribution is 2.20. The second-order valence-corrected chi connectivity index (χ2v) is 3.06. The molecule has 12 heavy (non-hydrogen) atoms. The smallest absolute Gasteiger partial charge is 0.142 e. The lowest BCUT2D eigenvalue weighted by molar-refractivity contribution is 0.439. The van der Waals surface area contributed by atoms with Gasteiger partial charge in [0.05, 0.1) is 0 Å². The van der Waals surface area contributed by atoms with Crippen LogP contribution in [-0.2, 0) is 11.4 Å². The van der Waals surface area contributed by atoms with Crippen LogP contribution in [0.3, 0.4) is 0 Å². The van der Waals surface area contributed by atoms with Crippen LogP contribution in [0.25, 0.3) is 0 Å². The minimum Gasteiger partial charge on any atom is -0.740 e. The van der Waals surface area contributed by atoms with E-state index >= 15 is 0 Å². The third-order valence-corrected chi connectivity index (χ3v) is 2.03. The Morgan fingerprint density at radius 2 is 2.08 bits per heavy atom. The summed E-state index contributed by atoms with van der Waals surface area (Å²) in [6.45, 7) is 3.72. The fraction of sp³-hybridized carbons (Fsp3) is 0.250. The summed E-state index contributed by atoms with van der Waals surface area (Å²) in [6, 6.07) is 5.28. The molecule has 1 unspecified atom stereocenters. The van der Waals surface area contributed by atoms with Crippen LogP contribution in [-0.4, -0.2) is 8.76 Å². The summed E-state index contributed by atoms with van der Waals surface area (Å²) < 4.78 is 25.0. The van der Waals surface area contributed by atoms with E-state index in [2.05, 4.69) is 4.18 Å². The minimum absolute atomic E-state index is 0.392. The zero-order chi connectivity index (χ0) is 9.14. The number of benzene rings is 1. The molecule has 0 N–H and O–H groups in total. The molecule has 1 atom stereocenters. The molecule has 4 heteroatoms. The first-order valence-corrected chi connectivity index (χ1v) is 4.45. The molecule has 0 aliphatic rings. The van der Waals surface area contributed by atoms with Crippen molar-refractivity contribution in [1.82, 2.24) is 0 Å². The van der Waals surface area contributed by atoms with Crippen LogP contribution in [0.2, 0.25) is 0 Å². The highest BCUT2D eigenvalue weighted by Gasteiger charge is 2.00. The molecule has 0 heterocycles. The van der Waals surface area contributed by atoms with Crippen molar-refractivity contribution in [2.75, 3.05) is 0 Å². The first-order valence-electron chi connectivity index (χ1n) is 3.45. The van der Waals surface area contributed by atoms with Crippen LogP contribution in [0.4, 0.5) is 0 Å². The van der Waals surface area contributed by atoms with Crippen molar-refractivity contribution in [3.63, 3.8) is 0 Å². The molecule has 0 aliphatic carbocycles. The third-order valence-electron chi connectivity index (χ3n) is 1.71. The number of hydrogen-bond donors (Lipinski definition) is 0. The Hall–Kier alpha value is -0.870. The predicted molar refractivity (Wildman–Crippen MR) is 45.5 cm³/mol. The molecule has 0 saturated heterocycles. The second-order valence-electron chi connectivity index (χ2n) is 2.49. The standard InChI is InChI=1S/C8H10O3S/c1-6-4-3-5-8(7(6)2)11-12(9)10/h3-5H,1-2H3,(H,9,10)/p-1. The summed E-state index contributed by atoms with van der Waals surface area (Å²) in [7, 11) is 0. The van der Waals surface area contributed by atoms with E-state index < -0.39 is 11.4 Å². The van der Waals surface area contributed by atoms with Gasteiger partial charge in [-0.25, -0.2) is 4.21 Å². The van der Waals surface area contributed by atoms with Crippen LogP contribution in [0.1, 0.15) is 11.1 Å². The Kier molecular flexibility index (Phi) is 2.83. The topological polar surface area (TPSA) is 49.4 Å². The van der Waals surface area contributed by atoms with Gasteiger partial charge in [-0.2, -0.15) is 0 Å². The van der Waals surface area contributed by atoms with Crippen molar-refractivity contribution in [1.29, 1.82) is 0 Å². The van der Waals surface area contributed by atoms with Gasteiger partial charge in [-0.15, -0.1) is 0 Å². The fourth-order valence-electron chi connectivity index (χ4n) is 0.888. The summed E-state index contributed by atoms with van der Waals surface area (Å²) in [5.74, 6) is 0.392. The first kappa shape index (κ1) is 9.22. The van der Waals surface area contributed by atoms with E-state index in [1.54, 1.807) is 12.1 Å². The van der Waals surface area contributed by atoms with Crippen molar-refractivity contribution in [3.05, 3.63) is 29.3 Å². The van der Waals surface area contributed by atoms with E-state index in [4.69, 9.17) is 0 Å². The van der Waals surface area contributed by atoms with Gasteiger partial charge >= 0.3 is 0 Å². The maximum atomic E-state index is 10.2. The van der Waals surface area contributed by atoms with Gasteiger partial charge in [-0.3, -0.25) is 0 Å². The molecule has 1 rings (SSSR count). The van der Waals surface area contributed by atoms with Crippen LogP contribution < -0.4 is 4.18 Å². The summed E-state index contributed by atoms with van der Waals surface area (Å²) in [6.07, 6.45) is 0. The Balaban J connectivity index is 3.00. The lowest BCUT2D eigenvalue weighted by Crippen LogP contribution is -1.99. The molecule has 0 aromatic heterocycles. The van der Waals surface area contributed by atoms with Gasteiger partial charge in [-0.05, 0) is 31.0 Å². The Morgan fingerprint density at radius 3 is 2.67 bits per heavy atom. The average molecular weight is 185 g/mol. The van der Waals surface area contributed by atoms with Crippen molar-refractivity contribution in [2.45, 2.75) is 13.8 Å². The molecule has 66 valence electrons. The molecule has 0 amide bonds. The maximum absolute atomic E-state index is 10.2. The van der Waals surface area contributed by atoms with Crippen LogP contribution >= 0.6 is 0 Å². The molecule has 1 aromatic carbocycles. The van der Waals surface area contributed by atoms with E-state index in [1.165, 1.54) is 0 Å². The van der Waals surface area contributed by atoms with E-state index in [-0.39, 0.29) is 0 Å². The first-order chi connectivity index (χ1) is 5.61. The Labute approximate surface area is 73.9 Å². The molecule has 0 spiro atoms. The maximum Gasteiger partial charge on any atom is 0.142 e. The van der Waals surface area contributed by atoms with Gasteiger partial charge in [-0.1, -0.05) is 12.1 Å². The van der Waals surface area contributed by atoms with Gasteiger partial charge in [0, 0.05) is 0 Å². The molecule has 0 radical (unpaired) electrons. The lowest BCUT2D eigenvalue weighted by Gasteiger charge is -2.10. The SMILES string of the molecule is Cc1cccc(OS(=O)[O-])c1C. The Bertz CT molecular complexity index is 309. The third kappa shape index (κ3) is 2.06. The van der Waals surface area contributed by atoms with Gasteiger partial charge in [0.2, 0.25) is 0 Å². The number of hydrogen-bond acceptors (Lipinski definition) is 3. The predicted octanol–water partition coefficient (Wildman–Crippen LogP) is 1.48. The van der Waals surface area contributed by atoms with Crippen molar-refractivity contribution >= 4 is 11.4 Å². The van der Waals surface area contributed by atoms with Gasteiger partial charge in [0.1, 0.15) is 17.1 Å². The van der Waals surface area contributed by atoms with Crippen molar-refractivity contribution in [2.24, 2.45) is 0 Å². The van der Waals surface area contributed by atoms with E-state index in [0.29, 0.717) is 5.75 Å². The van der Waals surface area contributed by atoms with Gasteiger partial charge < -0.3 is 8.74 Å². The fourth-order valence-corrected chi connectivity index (χ4v) is 1.21. The lowest BCUT2D eigenvalue weighted by atomic mass is 10.1. The zero-order valence-corrected chi connectivity index (χ0v) is 7.68. The van der Waals surface area contributed by atoms with Crippen LogP contribution in [0, 0.1) is 13.8 Å². The molecule has 0 saturated carbocycles. The summed E-state index contributed by atoms with van der Waals surface area (Å²) >= 11 is -2.49. The number of aryl methyl sites for hydroxylation is 1. The molecular formula is C8H9O3S-. The molecule has 0 aliphatic heterocycles. The zero-order valence-electron chi connectivity index (χ0n) is 6.87. The van der Waals surface area contributed by atoms with Gasteiger partial charge in [0.25, 0.3) is 0 Å². The monoisotopic (exact) mass is 185 g/mol. The average Bonchev–Trinajstić information content (AvgIpc) is 1.98. The highest BCUT2D eigenvalue weighted by molar-refractivity contribution is 7.74. The largest absolute Gasteiger partial charge is 0.740 e. The summed E-state index contributed by atoms with van der Waals surface area (Å²) in [5, 5.41) is 0. The molecule has 0 bridgehead atoms. The highest BCUT2D eigenvalue weighted by atomic mass is 32.2. The summed E-state index contributed by atoms with van der Waals surface area (Å²) in [4.78, 5) is 0. The van der Waals surface area contributed by atoms with Gasteiger partial charge in [0.15, 0.2) is 0 Å². The Morgan fingerprint density at radius 1 is 1.42 bits per heavy atom. The van der Waals surface area contributed by atoms with Crippen LogP contribution in [0.5, 0.6) is 5.75 Å². The van der Waals surface area contributed by atoms with Crippen molar-refractivity contribution in [3.8, 4) is 5.75 Å². The minimum atomic E-state index is -2.49. The molecule has 3 nitrogen and oxygen atoms in total.